The summed E-state index contributed by atoms with van der Waals surface area (Å²) >= 11 is 6.04. The first-order chi connectivity index (χ1) is 13.7. The van der Waals surface area contributed by atoms with Crippen LogP contribution < -0.4 is 16.0 Å². The summed E-state index contributed by atoms with van der Waals surface area (Å²) in [6, 6.07) is 9.23. The molecule has 0 bridgehead atoms. The van der Waals surface area contributed by atoms with Crippen LogP contribution in [0.4, 0.5) is 5.82 Å². The Labute approximate surface area is 168 Å². The van der Waals surface area contributed by atoms with Gasteiger partial charge in [0.05, 0.1) is 17.4 Å². The van der Waals surface area contributed by atoms with Crippen molar-refractivity contribution in [3.8, 4) is 5.69 Å². The Bertz CT molecular complexity index is 970. The maximum absolute atomic E-state index is 12.7. The van der Waals surface area contributed by atoms with Gasteiger partial charge in [-0.1, -0.05) is 11.6 Å². The number of anilines is 1. The highest BCUT2D eigenvalue weighted by atomic mass is 35.5. The minimum atomic E-state index is -0.245. The number of nitrogens with two attached hydrogens (primary N) is 1. The molecule has 1 saturated heterocycles. The first-order valence-electron chi connectivity index (χ1n) is 9.52. The fourth-order valence-corrected chi connectivity index (χ4v) is 3.83. The second-order valence-corrected chi connectivity index (χ2v) is 7.33. The summed E-state index contributed by atoms with van der Waals surface area (Å²) in [7, 11) is 0. The third kappa shape index (κ3) is 3.55. The molecule has 1 unspecified atom stereocenters. The van der Waals surface area contributed by atoms with Gasteiger partial charge in [0.25, 0.3) is 0 Å². The number of aromatic nitrogens is 3. The molecule has 1 aliphatic heterocycles. The highest BCUT2D eigenvalue weighted by molar-refractivity contribution is 6.30. The van der Waals surface area contributed by atoms with Crippen molar-refractivity contribution in [1.82, 2.24) is 20.1 Å². The summed E-state index contributed by atoms with van der Waals surface area (Å²) < 4.78 is 1.86. The zero-order valence-corrected chi connectivity index (χ0v) is 16.3. The van der Waals surface area contributed by atoms with Crippen LogP contribution in [0.1, 0.15) is 19.3 Å². The van der Waals surface area contributed by atoms with Crippen LogP contribution in [0, 0.1) is 0 Å². The molecular formula is C20H23ClN6O. The topological polar surface area (TPSA) is 89.1 Å². The molecule has 0 saturated carbocycles. The molecule has 2 aromatic heterocycles. The molecule has 8 heteroatoms. The van der Waals surface area contributed by atoms with Crippen molar-refractivity contribution in [2.24, 2.45) is 5.73 Å². The number of carbonyl (C=O) groups is 1. The van der Waals surface area contributed by atoms with Crippen molar-refractivity contribution >= 4 is 34.2 Å². The molecule has 1 amide bonds. The van der Waals surface area contributed by atoms with Crippen LogP contribution in [0.15, 0.2) is 42.7 Å². The minimum Gasteiger partial charge on any atom is -0.353 e. The molecule has 146 valence electrons. The molecule has 4 rings (SSSR count). The fraction of sp³-hybridized carbons (Fsp3) is 0.350. The zero-order chi connectivity index (χ0) is 19.5. The van der Waals surface area contributed by atoms with E-state index in [0.717, 1.165) is 48.2 Å². The predicted octanol–water partition coefficient (Wildman–Crippen LogP) is 2.51. The van der Waals surface area contributed by atoms with Crippen LogP contribution in [0.25, 0.3) is 16.6 Å². The quantitative estimate of drug-likeness (QED) is 0.689. The van der Waals surface area contributed by atoms with Crippen LogP contribution in [-0.4, -0.2) is 46.3 Å². The molecule has 3 heterocycles. The maximum Gasteiger partial charge on any atom is 0.242 e. The monoisotopic (exact) mass is 398 g/mol. The fourth-order valence-electron chi connectivity index (χ4n) is 3.71. The van der Waals surface area contributed by atoms with Gasteiger partial charge >= 0.3 is 0 Å². The summed E-state index contributed by atoms with van der Waals surface area (Å²) in [4.78, 5) is 19.1. The van der Waals surface area contributed by atoms with Crippen LogP contribution >= 0.6 is 11.6 Å². The number of fused-ring (bicyclic) bond motifs is 1. The van der Waals surface area contributed by atoms with Crippen molar-refractivity contribution in [3.63, 3.8) is 0 Å². The average molecular weight is 399 g/mol. The van der Waals surface area contributed by atoms with E-state index < -0.39 is 0 Å². The van der Waals surface area contributed by atoms with Gasteiger partial charge in [0.15, 0.2) is 5.82 Å². The van der Waals surface area contributed by atoms with Gasteiger partial charge in [0.1, 0.15) is 6.04 Å². The van der Waals surface area contributed by atoms with Crippen LogP contribution in [0.5, 0.6) is 0 Å². The number of benzene rings is 1. The Morgan fingerprint density at radius 3 is 2.86 bits per heavy atom. The van der Waals surface area contributed by atoms with E-state index in [-0.39, 0.29) is 11.9 Å². The SMILES string of the molecule is NCCNC(=O)C1CCCCN1c1nn(-c2ccc(Cl)cc2)c2cnccc12. The number of carbonyl (C=O) groups excluding carboxylic acids is 1. The maximum atomic E-state index is 12.7. The van der Waals surface area contributed by atoms with Crippen LogP contribution in [0.3, 0.4) is 0 Å². The summed E-state index contributed by atoms with van der Waals surface area (Å²) in [5, 5.41) is 9.46. The van der Waals surface area contributed by atoms with E-state index in [1.54, 1.807) is 12.4 Å². The van der Waals surface area contributed by atoms with E-state index in [2.05, 4.69) is 15.2 Å². The van der Waals surface area contributed by atoms with Crippen molar-refractivity contribution in [1.29, 1.82) is 0 Å². The number of amides is 1. The van der Waals surface area contributed by atoms with Gasteiger partial charge in [0.2, 0.25) is 5.91 Å². The molecule has 0 radical (unpaired) electrons. The lowest BCUT2D eigenvalue weighted by Gasteiger charge is -2.35. The normalized spacial score (nSPS) is 17.1. The van der Waals surface area contributed by atoms with Gasteiger partial charge in [0, 0.05) is 36.2 Å². The molecule has 3 N–H and O–H groups in total. The van der Waals surface area contributed by atoms with Crippen LogP contribution in [0.2, 0.25) is 5.02 Å². The average Bonchev–Trinajstić information content (AvgIpc) is 3.12. The van der Waals surface area contributed by atoms with Gasteiger partial charge in [-0.3, -0.25) is 9.78 Å². The van der Waals surface area contributed by atoms with Crippen molar-refractivity contribution in [3.05, 3.63) is 47.7 Å². The lowest BCUT2D eigenvalue weighted by molar-refractivity contribution is -0.122. The molecular weight excluding hydrogens is 376 g/mol. The van der Waals surface area contributed by atoms with E-state index >= 15 is 0 Å². The largest absolute Gasteiger partial charge is 0.353 e. The molecule has 1 aromatic carbocycles. The molecule has 3 aromatic rings. The Balaban J connectivity index is 1.77. The number of pyridine rings is 1. The number of halogens is 1. The lowest BCUT2D eigenvalue weighted by Crippen LogP contribution is -2.50. The van der Waals surface area contributed by atoms with E-state index in [1.165, 1.54) is 0 Å². The first-order valence-corrected chi connectivity index (χ1v) is 9.90. The van der Waals surface area contributed by atoms with Gasteiger partial charge in [-0.15, -0.1) is 5.10 Å². The second-order valence-electron chi connectivity index (χ2n) is 6.89. The third-order valence-electron chi connectivity index (χ3n) is 5.06. The number of nitrogens with zero attached hydrogens (tertiary/aromatic N) is 4. The number of piperidine rings is 1. The van der Waals surface area contributed by atoms with E-state index in [1.807, 2.05) is 35.0 Å². The summed E-state index contributed by atoms with van der Waals surface area (Å²) in [5.41, 5.74) is 7.34. The predicted molar refractivity (Wildman–Crippen MR) is 111 cm³/mol. The highest BCUT2D eigenvalue weighted by Crippen LogP contribution is 2.32. The second kappa shape index (κ2) is 8.16. The molecule has 28 heavy (non-hydrogen) atoms. The van der Waals surface area contributed by atoms with Crippen molar-refractivity contribution in [2.45, 2.75) is 25.3 Å². The lowest BCUT2D eigenvalue weighted by atomic mass is 10.0. The van der Waals surface area contributed by atoms with E-state index in [0.29, 0.717) is 18.1 Å². The molecule has 0 aliphatic carbocycles. The van der Waals surface area contributed by atoms with Gasteiger partial charge in [-0.05, 0) is 49.6 Å². The zero-order valence-electron chi connectivity index (χ0n) is 15.5. The highest BCUT2D eigenvalue weighted by Gasteiger charge is 2.31. The molecule has 1 fully saturated rings. The first kappa shape index (κ1) is 18.7. The molecule has 1 atom stereocenters. The third-order valence-corrected chi connectivity index (χ3v) is 5.31. The number of nitrogens with one attached hydrogen (secondary N) is 1. The van der Waals surface area contributed by atoms with Crippen molar-refractivity contribution < 1.29 is 4.79 Å². The Hall–Kier alpha value is -2.64. The number of hydrogen-bond acceptors (Lipinski definition) is 5. The van der Waals surface area contributed by atoms with E-state index in [9.17, 15) is 4.79 Å². The number of rotatable bonds is 5. The van der Waals surface area contributed by atoms with Crippen molar-refractivity contribution in [2.75, 3.05) is 24.5 Å². The van der Waals surface area contributed by atoms with Crippen LogP contribution in [-0.2, 0) is 4.79 Å². The Morgan fingerprint density at radius 1 is 1.25 bits per heavy atom. The van der Waals surface area contributed by atoms with Gasteiger partial charge < -0.3 is 16.0 Å². The summed E-state index contributed by atoms with van der Waals surface area (Å²) in [5.74, 6) is 0.813. The standard InChI is InChI=1S/C20H23ClN6O/c21-14-4-6-15(7-5-14)27-18-13-23-10-8-16(18)19(25-27)26-12-2-1-3-17(26)20(28)24-11-9-22/h4-8,10,13,17H,1-3,9,11-12,22H2,(H,24,28). The van der Waals surface area contributed by atoms with Gasteiger partial charge in [-0.2, -0.15) is 0 Å². The molecule has 1 aliphatic rings. The van der Waals surface area contributed by atoms with E-state index in [4.69, 9.17) is 22.4 Å². The Kier molecular flexibility index (Phi) is 5.45. The number of hydrogen-bond donors (Lipinski definition) is 2. The Morgan fingerprint density at radius 2 is 2.07 bits per heavy atom. The van der Waals surface area contributed by atoms with Gasteiger partial charge in [-0.25, -0.2) is 4.68 Å². The summed E-state index contributed by atoms with van der Waals surface area (Å²) in [6.07, 6.45) is 6.41. The molecule has 7 nitrogen and oxygen atoms in total. The summed E-state index contributed by atoms with van der Waals surface area (Å²) in [6.45, 7) is 1.70. The smallest absolute Gasteiger partial charge is 0.242 e. The minimum absolute atomic E-state index is 0.00778. The molecule has 0 spiro atoms.